The Balaban J connectivity index is 1.32. The first-order valence-corrected chi connectivity index (χ1v) is 8.94. The van der Waals surface area contributed by atoms with E-state index in [1.807, 2.05) is 0 Å². The van der Waals surface area contributed by atoms with Gasteiger partial charge in [0.2, 0.25) is 0 Å². The molecule has 0 spiro atoms. The van der Waals surface area contributed by atoms with Crippen LogP contribution in [-0.2, 0) is 17.8 Å². The highest BCUT2D eigenvalue weighted by atomic mass is 19.2. The van der Waals surface area contributed by atoms with E-state index in [0.29, 0.717) is 32.2 Å². The van der Waals surface area contributed by atoms with E-state index in [0.717, 1.165) is 23.0 Å². The van der Waals surface area contributed by atoms with E-state index < -0.39 is 29.6 Å². The lowest BCUT2D eigenvalue weighted by Crippen LogP contribution is -2.47. The van der Waals surface area contributed by atoms with Crippen molar-refractivity contribution in [2.45, 2.75) is 37.7 Å². The molecule has 2 aliphatic heterocycles. The Hall–Kier alpha value is -2.56. The van der Waals surface area contributed by atoms with Crippen LogP contribution in [0.25, 0.3) is 5.65 Å². The SMILES string of the molecule is NC1CC(N2Cc3nn4nccnc4c3C2)CO[C@@H]1c1cc(F)c(F)cc1F. The molecule has 28 heavy (non-hydrogen) atoms. The minimum atomic E-state index is -1.23. The predicted octanol–water partition coefficient (Wildman–Crippen LogP) is 1.71. The average Bonchev–Trinajstić information content (AvgIpc) is 3.23. The Morgan fingerprint density at radius 3 is 2.71 bits per heavy atom. The van der Waals surface area contributed by atoms with E-state index >= 15 is 0 Å². The predicted molar refractivity (Wildman–Crippen MR) is 91.4 cm³/mol. The van der Waals surface area contributed by atoms with Crippen LogP contribution in [0.15, 0.2) is 24.5 Å². The fourth-order valence-electron chi connectivity index (χ4n) is 4.05. The molecule has 146 valence electrons. The van der Waals surface area contributed by atoms with E-state index in [4.69, 9.17) is 10.5 Å². The highest BCUT2D eigenvalue weighted by Gasteiger charge is 2.38. The van der Waals surface area contributed by atoms with Crippen molar-refractivity contribution in [2.75, 3.05) is 6.61 Å². The molecule has 7 nitrogen and oxygen atoms in total. The minimum Gasteiger partial charge on any atom is -0.370 e. The van der Waals surface area contributed by atoms with Gasteiger partial charge in [0.05, 0.1) is 18.5 Å². The lowest BCUT2D eigenvalue weighted by atomic mass is 9.93. The van der Waals surface area contributed by atoms with Crippen LogP contribution >= 0.6 is 0 Å². The number of nitrogens with zero attached hydrogens (tertiary/aromatic N) is 5. The smallest absolute Gasteiger partial charge is 0.180 e. The van der Waals surface area contributed by atoms with Crippen molar-refractivity contribution in [1.29, 1.82) is 0 Å². The summed E-state index contributed by atoms with van der Waals surface area (Å²) in [4.78, 5) is 6.52. The number of aromatic nitrogens is 4. The number of ether oxygens (including phenoxy) is 1. The Labute approximate surface area is 157 Å². The second-order valence-corrected chi connectivity index (χ2v) is 7.18. The van der Waals surface area contributed by atoms with Gasteiger partial charge in [-0.15, -0.1) is 4.63 Å². The average molecular weight is 390 g/mol. The summed E-state index contributed by atoms with van der Waals surface area (Å²) in [6.07, 6.45) is 2.92. The van der Waals surface area contributed by atoms with Gasteiger partial charge in [-0.05, 0) is 12.5 Å². The number of nitrogens with two attached hydrogens (primary N) is 1. The van der Waals surface area contributed by atoms with E-state index in [1.54, 1.807) is 12.4 Å². The lowest BCUT2D eigenvalue weighted by Gasteiger charge is -2.38. The summed E-state index contributed by atoms with van der Waals surface area (Å²) < 4.78 is 48.1. The van der Waals surface area contributed by atoms with Gasteiger partial charge in [0, 0.05) is 48.6 Å². The second kappa shape index (κ2) is 6.50. The molecular weight excluding hydrogens is 373 g/mol. The molecule has 0 amide bonds. The van der Waals surface area contributed by atoms with Gasteiger partial charge < -0.3 is 10.5 Å². The minimum absolute atomic E-state index is 0.00512. The van der Waals surface area contributed by atoms with Crippen molar-refractivity contribution in [1.82, 2.24) is 24.7 Å². The van der Waals surface area contributed by atoms with E-state index in [1.165, 1.54) is 4.63 Å². The molecule has 4 heterocycles. The summed E-state index contributed by atoms with van der Waals surface area (Å²) in [5.41, 5.74) is 8.83. The summed E-state index contributed by atoms with van der Waals surface area (Å²) in [6, 6.07) is 0.810. The Morgan fingerprint density at radius 2 is 1.89 bits per heavy atom. The van der Waals surface area contributed by atoms with Gasteiger partial charge >= 0.3 is 0 Å². The summed E-state index contributed by atoms with van der Waals surface area (Å²) in [5.74, 6) is -3.20. The van der Waals surface area contributed by atoms with Crippen LogP contribution in [0, 0.1) is 17.5 Å². The van der Waals surface area contributed by atoms with Gasteiger partial charge in [0.25, 0.3) is 0 Å². The standard InChI is InChI=1S/C18H17F3N6O/c19-12-5-14(21)13(20)4-10(12)17-15(22)3-9(8-28-17)26-6-11-16(7-26)25-27-18(11)23-1-2-24-27/h1-2,4-5,9,15,17H,3,6-8,22H2/t9?,15?,17-/m1/s1. The number of hydrogen-bond acceptors (Lipinski definition) is 6. The number of fused-ring (bicyclic) bond motifs is 3. The molecule has 0 aliphatic carbocycles. The number of benzene rings is 1. The van der Waals surface area contributed by atoms with Crippen LogP contribution in [0.1, 0.15) is 29.3 Å². The van der Waals surface area contributed by atoms with Crippen molar-refractivity contribution in [3.63, 3.8) is 0 Å². The number of rotatable bonds is 2. The van der Waals surface area contributed by atoms with Crippen molar-refractivity contribution in [3.05, 3.63) is 58.8 Å². The second-order valence-electron chi connectivity index (χ2n) is 7.18. The van der Waals surface area contributed by atoms with Crippen molar-refractivity contribution < 1.29 is 17.9 Å². The highest BCUT2D eigenvalue weighted by Crippen LogP contribution is 2.34. The van der Waals surface area contributed by atoms with E-state index in [-0.39, 0.29) is 11.6 Å². The topological polar surface area (TPSA) is 81.6 Å². The monoisotopic (exact) mass is 390 g/mol. The first-order chi connectivity index (χ1) is 13.5. The molecule has 1 aromatic carbocycles. The van der Waals surface area contributed by atoms with Gasteiger partial charge in [-0.1, -0.05) is 0 Å². The third-order valence-electron chi connectivity index (χ3n) is 5.44. The summed E-state index contributed by atoms with van der Waals surface area (Å²) in [6.45, 7) is 1.56. The molecule has 2 N–H and O–H groups in total. The Kier molecular flexibility index (Phi) is 4.07. The van der Waals surface area contributed by atoms with Gasteiger partial charge in [-0.25, -0.2) is 18.2 Å². The maximum atomic E-state index is 14.1. The van der Waals surface area contributed by atoms with E-state index in [9.17, 15) is 13.2 Å². The van der Waals surface area contributed by atoms with Gasteiger partial charge in [0.15, 0.2) is 17.3 Å². The van der Waals surface area contributed by atoms with Crippen LogP contribution < -0.4 is 5.73 Å². The lowest BCUT2D eigenvalue weighted by molar-refractivity contribution is -0.0533. The summed E-state index contributed by atoms with van der Waals surface area (Å²) in [5, 5.41) is 8.60. The quantitative estimate of drug-likeness (QED) is 0.671. The molecule has 1 saturated heterocycles. The van der Waals surface area contributed by atoms with E-state index in [2.05, 4.69) is 20.1 Å². The Morgan fingerprint density at radius 1 is 1.07 bits per heavy atom. The summed E-state index contributed by atoms with van der Waals surface area (Å²) >= 11 is 0. The van der Waals surface area contributed by atoms with Crippen LogP contribution in [0.3, 0.4) is 0 Å². The molecule has 1 fully saturated rings. The van der Waals surface area contributed by atoms with Crippen LogP contribution in [0.2, 0.25) is 0 Å². The third-order valence-corrected chi connectivity index (χ3v) is 5.44. The Bertz CT molecular complexity index is 1060. The zero-order valence-corrected chi connectivity index (χ0v) is 14.7. The summed E-state index contributed by atoms with van der Waals surface area (Å²) in [7, 11) is 0. The molecule has 3 atom stereocenters. The fourth-order valence-corrected chi connectivity index (χ4v) is 4.05. The largest absolute Gasteiger partial charge is 0.370 e. The first kappa shape index (κ1) is 17.5. The molecule has 0 radical (unpaired) electrons. The molecule has 2 unspecified atom stereocenters. The number of halogens is 3. The molecule has 10 heteroatoms. The molecule has 3 aromatic rings. The van der Waals surface area contributed by atoms with Crippen LogP contribution in [0.4, 0.5) is 13.2 Å². The fraction of sp³-hybridized carbons (Fsp3) is 0.389. The first-order valence-electron chi connectivity index (χ1n) is 8.94. The molecule has 2 aliphatic rings. The molecular formula is C18H17F3N6O. The van der Waals surface area contributed by atoms with Gasteiger partial charge in [0.1, 0.15) is 11.9 Å². The molecule has 0 bridgehead atoms. The molecule has 2 aromatic heterocycles. The zero-order chi connectivity index (χ0) is 19.4. The van der Waals surface area contributed by atoms with Gasteiger partial charge in [-0.3, -0.25) is 4.90 Å². The van der Waals surface area contributed by atoms with Crippen LogP contribution in [-0.4, -0.2) is 43.4 Å². The maximum absolute atomic E-state index is 14.1. The van der Waals surface area contributed by atoms with Crippen molar-refractivity contribution >= 4 is 5.65 Å². The molecule has 5 rings (SSSR count). The van der Waals surface area contributed by atoms with Crippen molar-refractivity contribution in [2.24, 2.45) is 5.73 Å². The van der Waals surface area contributed by atoms with Crippen molar-refractivity contribution in [3.8, 4) is 0 Å². The number of hydrogen-bond donors (Lipinski definition) is 1. The zero-order valence-electron chi connectivity index (χ0n) is 14.7. The molecule has 0 saturated carbocycles. The van der Waals surface area contributed by atoms with Crippen LogP contribution in [0.5, 0.6) is 0 Å². The van der Waals surface area contributed by atoms with Gasteiger partial charge in [-0.2, -0.15) is 10.2 Å². The maximum Gasteiger partial charge on any atom is 0.180 e. The normalized spacial score (nSPS) is 25.4. The third kappa shape index (κ3) is 2.76. The highest BCUT2D eigenvalue weighted by molar-refractivity contribution is 5.50.